The van der Waals surface area contributed by atoms with Gasteiger partial charge in [0.2, 0.25) is 0 Å². The minimum Gasteiger partial charge on any atom is -0.489 e. The average Bonchev–Trinajstić information content (AvgIpc) is 2.42. The van der Waals surface area contributed by atoms with Crippen LogP contribution in [0.1, 0.15) is 6.92 Å². The molecule has 0 fully saturated rings. The molecule has 0 saturated heterocycles. The molecule has 2 aromatic rings. The van der Waals surface area contributed by atoms with Gasteiger partial charge in [0.05, 0.1) is 0 Å². The summed E-state index contributed by atoms with van der Waals surface area (Å²) in [5.41, 5.74) is 1.05. The van der Waals surface area contributed by atoms with E-state index in [4.69, 9.17) is 4.74 Å². The minimum atomic E-state index is 0.551. The van der Waals surface area contributed by atoms with Crippen LogP contribution in [0, 0.1) is 0 Å². The van der Waals surface area contributed by atoms with Crippen LogP contribution in [0.5, 0.6) is 5.75 Å². The van der Waals surface area contributed by atoms with E-state index in [0.29, 0.717) is 6.61 Å². The van der Waals surface area contributed by atoms with Gasteiger partial charge in [0, 0.05) is 11.0 Å². The summed E-state index contributed by atoms with van der Waals surface area (Å²) in [6.45, 7) is 8.37. The monoisotopic (exact) mass is 319 g/mol. The molecule has 0 aromatic heterocycles. The Balaban J connectivity index is 2.01. The molecule has 3 heteroatoms. The molecule has 0 radical (unpaired) electrons. The van der Waals surface area contributed by atoms with Gasteiger partial charge in [0.1, 0.15) is 12.4 Å². The Hall–Kier alpha value is -1.32. The third kappa shape index (κ3) is 4.08. The van der Waals surface area contributed by atoms with Crippen LogP contribution in [0.2, 0.25) is 0 Å². The molecule has 0 saturated carbocycles. The van der Waals surface area contributed by atoms with Crippen molar-refractivity contribution in [2.45, 2.75) is 6.92 Å². The molecule has 1 N–H and O–H groups in total. The lowest BCUT2D eigenvalue weighted by Gasteiger charge is -2.10. The summed E-state index contributed by atoms with van der Waals surface area (Å²) in [5.74, 6) is 0.882. The van der Waals surface area contributed by atoms with Crippen molar-refractivity contribution in [3.05, 3.63) is 53.0 Å². The molecule has 100 valence electrons. The highest BCUT2D eigenvalue weighted by molar-refractivity contribution is 9.10. The van der Waals surface area contributed by atoms with Crippen LogP contribution in [0.15, 0.2) is 53.0 Å². The van der Waals surface area contributed by atoms with Gasteiger partial charge in [-0.05, 0) is 47.2 Å². The first-order valence-electron chi connectivity index (χ1n) is 6.38. The maximum Gasteiger partial charge on any atom is 0.120 e. The van der Waals surface area contributed by atoms with Gasteiger partial charge in [0.15, 0.2) is 0 Å². The zero-order valence-corrected chi connectivity index (χ0v) is 12.7. The maximum atomic E-state index is 5.75. The maximum absolute atomic E-state index is 5.75. The Bertz CT molecular complexity index is 580. The number of rotatable bonds is 6. The standard InChI is InChI=1S/C16H18BrNO/c1-3-18-10-12(2)11-19-16-7-5-13-8-15(17)6-4-14(13)9-16/h4-9,18H,2-3,10-11H2,1H3. The van der Waals surface area contributed by atoms with Gasteiger partial charge in [-0.2, -0.15) is 0 Å². The molecule has 2 aromatic carbocycles. The molecular formula is C16H18BrNO. The van der Waals surface area contributed by atoms with Crippen LogP contribution in [-0.4, -0.2) is 19.7 Å². The quantitative estimate of drug-likeness (QED) is 0.808. The van der Waals surface area contributed by atoms with Gasteiger partial charge in [-0.25, -0.2) is 0 Å². The number of nitrogens with one attached hydrogen (secondary N) is 1. The Labute approximate surface area is 122 Å². The van der Waals surface area contributed by atoms with Crippen LogP contribution in [0.4, 0.5) is 0 Å². The number of hydrogen-bond donors (Lipinski definition) is 1. The predicted octanol–water partition coefficient (Wildman–Crippen LogP) is 4.15. The number of fused-ring (bicyclic) bond motifs is 1. The molecule has 0 bridgehead atoms. The molecule has 0 amide bonds. The van der Waals surface area contributed by atoms with E-state index in [1.807, 2.05) is 12.1 Å². The molecule has 2 rings (SSSR count). The first-order chi connectivity index (χ1) is 9.19. The molecule has 0 atom stereocenters. The Morgan fingerprint density at radius 2 is 1.95 bits per heavy atom. The largest absolute Gasteiger partial charge is 0.489 e. The summed E-state index contributed by atoms with van der Waals surface area (Å²) in [6, 6.07) is 12.3. The zero-order valence-electron chi connectivity index (χ0n) is 11.1. The van der Waals surface area contributed by atoms with E-state index < -0.39 is 0 Å². The second-order valence-corrected chi connectivity index (χ2v) is 5.39. The molecule has 19 heavy (non-hydrogen) atoms. The van der Waals surface area contributed by atoms with Gasteiger partial charge in [-0.3, -0.25) is 0 Å². The second kappa shape index (κ2) is 6.73. The molecule has 0 spiro atoms. The summed E-state index contributed by atoms with van der Waals surface area (Å²) in [4.78, 5) is 0. The fourth-order valence-corrected chi connectivity index (χ4v) is 2.20. The molecule has 0 unspecified atom stereocenters. The fraction of sp³-hybridized carbons (Fsp3) is 0.250. The summed E-state index contributed by atoms with van der Waals surface area (Å²) < 4.78 is 6.84. The van der Waals surface area contributed by atoms with Gasteiger partial charge in [0.25, 0.3) is 0 Å². The number of benzene rings is 2. The van der Waals surface area contributed by atoms with E-state index in [2.05, 4.69) is 59.0 Å². The van der Waals surface area contributed by atoms with Crippen molar-refractivity contribution in [3.8, 4) is 5.75 Å². The van der Waals surface area contributed by atoms with Crippen molar-refractivity contribution < 1.29 is 4.74 Å². The van der Waals surface area contributed by atoms with Crippen molar-refractivity contribution in [1.82, 2.24) is 5.32 Å². The van der Waals surface area contributed by atoms with Crippen LogP contribution >= 0.6 is 15.9 Å². The Kier molecular flexibility index (Phi) is 5.00. The molecular weight excluding hydrogens is 302 g/mol. The molecule has 0 aliphatic carbocycles. The first kappa shape index (κ1) is 14.1. The van der Waals surface area contributed by atoms with Crippen LogP contribution < -0.4 is 10.1 Å². The number of ether oxygens (including phenoxy) is 1. The van der Waals surface area contributed by atoms with Crippen LogP contribution in [0.3, 0.4) is 0 Å². The van der Waals surface area contributed by atoms with E-state index in [1.165, 1.54) is 10.8 Å². The lowest BCUT2D eigenvalue weighted by Crippen LogP contribution is -2.18. The van der Waals surface area contributed by atoms with E-state index >= 15 is 0 Å². The smallest absolute Gasteiger partial charge is 0.120 e. The second-order valence-electron chi connectivity index (χ2n) is 4.47. The highest BCUT2D eigenvalue weighted by Crippen LogP contribution is 2.24. The normalized spacial score (nSPS) is 10.6. The molecule has 0 aliphatic rings. The van der Waals surface area contributed by atoms with Crippen molar-refractivity contribution in [2.75, 3.05) is 19.7 Å². The fourth-order valence-electron chi connectivity index (χ4n) is 1.82. The van der Waals surface area contributed by atoms with Gasteiger partial charge in [-0.1, -0.05) is 41.6 Å². The van der Waals surface area contributed by atoms with E-state index in [-0.39, 0.29) is 0 Å². The van der Waals surface area contributed by atoms with E-state index in [1.54, 1.807) is 0 Å². The third-order valence-corrected chi connectivity index (χ3v) is 3.33. The number of likely N-dealkylation sites (N-methyl/N-ethyl adjacent to an activating group) is 1. The summed E-state index contributed by atoms with van der Waals surface area (Å²) in [7, 11) is 0. The van der Waals surface area contributed by atoms with Crippen LogP contribution in [-0.2, 0) is 0 Å². The summed E-state index contributed by atoms with van der Waals surface area (Å²) in [6.07, 6.45) is 0. The van der Waals surface area contributed by atoms with Crippen molar-refractivity contribution in [3.63, 3.8) is 0 Å². The Morgan fingerprint density at radius 3 is 2.74 bits per heavy atom. The lowest BCUT2D eigenvalue weighted by atomic mass is 10.1. The summed E-state index contributed by atoms with van der Waals surface area (Å²) >= 11 is 3.47. The van der Waals surface area contributed by atoms with Crippen molar-refractivity contribution >= 4 is 26.7 Å². The first-order valence-corrected chi connectivity index (χ1v) is 7.18. The number of hydrogen-bond acceptors (Lipinski definition) is 2. The van der Waals surface area contributed by atoms with Gasteiger partial charge in [-0.15, -0.1) is 0 Å². The van der Waals surface area contributed by atoms with Crippen molar-refractivity contribution in [1.29, 1.82) is 0 Å². The van der Waals surface area contributed by atoms with Crippen molar-refractivity contribution in [2.24, 2.45) is 0 Å². The number of halogens is 1. The van der Waals surface area contributed by atoms with E-state index in [0.717, 1.165) is 28.9 Å². The van der Waals surface area contributed by atoms with Crippen LogP contribution in [0.25, 0.3) is 10.8 Å². The lowest BCUT2D eigenvalue weighted by molar-refractivity contribution is 0.349. The van der Waals surface area contributed by atoms with Gasteiger partial charge >= 0.3 is 0 Å². The average molecular weight is 320 g/mol. The third-order valence-electron chi connectivity index (χ3n) is 2.84. The Morgan fingerprint density at radius 1 is 1.21 bits per heavy atom. The predicted molar refractivity (Wildman–Crippen MR) is 84.8 cm³/mol. The molecule has 0 aliphatic heterocycles. The minimum absolute atomic E-state index is 0.551. The highest BCUT2D eigenvalue weighted by atomic mass is 79.9. The van der Waals surface area contributed by atoms with E-state index in [9.17, 15) is 0 Å². The molecule has 2 nitrogen and oxygen atoms in total. The summed E-state index contributed by atoms with van der Waals surface area (Å²) in [5, 5.41) is 5.62. The topological polar surface area (TPSA) is 21.3 Å². The SMILES string of the molecule is C=C(CNCC)COc1ccc2cc(Br)ccc2c1. The van der Waals surface area contributed by atoms with Gasteiger partial charge < -0.3 is 10.1 Å². The zero-order chi connectivity index (χ0) is 13.7. The molecule has 0 heterocycles. The highest BCUT2D eigenvalue weighted by Gasteiger charge is 2.00.